The Morgan fingerprint density at radius 2 is 2.17 bits per heavy atom. The topological polar surface area (TPSA) is 91.0 Å². The van der Waals surface area contributed by atoms with Crippen molar-refractivity contribution in [3.05, 3.63) is 75.2 Å². The van der Waals surface area contributed by atoms with Crippen molar-refractivity contribution in [1.29, 1.82) is 0 Å². The molecule has 0 aliphatic carbocycles. The SMILES string of the molecule is O=C(Nc1cc(Cl)c(-c2cccnc2)cc1F)N1[C@H]2CC[C@@H]1c1n[nH]c(=O)cc1C2. The largest absolute Gasteiger partial charge is 0.322 e. The van der Waals surface area contributed by atoms with Gasteiger partial charge in [-0.25, -0.2) is 14.3 Å². The molecular weight excluding hydrogens is 409 g/mol. The summed E-state index contributed by atoms with van der Waals surface area (Å²) >= 11 is 6.35. The van der Waals surface area contributed by atoms with E-state index in [0.29, 0.717) is 28.3 Å². The molecule has 3 aromatic rings. The number of hydrogen-bond donors (Lipinski definition) is 2. The Labute approximate surface area is 175 Å². The second-order valence-electron chi connectivity index (χ2n) is 7.48. The molecule has 2 amide bonds. The second-order valence-corrected chi connectivity index (χ2v) is 7.89. The van der Waals surface area contributed by atoms with E-state index in [1.165, 1.54) is 12.1 Å². The first-order valence-corrected chi connectivity index (χ1v) is 9.96. The maximum Gasteiger partial charge on any atom is 0.322 e. The summed E-state index contributed by atoms with van der Waals surface area (Å²) in [5.41, 5.74) is 2.51. The number of carbonyl (C=O) groups excluding carboxylic acids is 1. The number of aromatic nitrogens is 3. The van der Waals surface area contributed by atoms with Crippen molar-refractivity contribution < 1.29 is 9.18 Å². The van der Waals surface area contributed by atoms with Crippen LogP contribution in [0, 0.1) is 5.82 Å². The minimum Gasteiger partial charge on any atom is -0.313 e. The van der Waals surface area contributed by atoms with Crippen LogP contribution in [-0.4, -0.2) is 32.2 Å². The molecule has 4 heterocycles. The van der Waals surface area contributed by atoms with E-state index in [4.69, 9.17) is 11.6 Å². The molecule has 1 saturated heterocycles. The maximum absolute atomic E-state index is 14.8. The third-order valence-corrected chi connectivity index (χ3v) is 6.01. The molecule has 2 atom stereocenters. The van der Waals surface area contributed by atoms with E-state index in [9.17, 15) is 14.0 Å². The zero-order valence-corrected chi connectivity index (χ0v) is 16.5. The summed E-state index contributed by atoms with van der Waals surface area (Å²) in [6, 6.07) is 7.05. The molecule has 2 N–H and O–H groups in total. The van der Waals surface area contributed by atoms with E-state index in [-0.39, 0.29) is 23.3 Å². The fraction of sp³-hybridized carbons (Fsp3) is 0.238. The third kappa shape index (κ3) is 3.13. The van der Waals surface area contributed by atoms with Crippen LogP contribution >= 0.6 is 11.6 Å². The summed E-state index contributed by atoms with van der Waals surface area (Å²) in [5, 5.41) is 9.56. The van der Waals surface area contributed by atoms with Crippen molar-refractivity contribution in [3.63, 3.8) is 0 Å². The number of nitrogens with zero attached hydrogens (tertiary/aromatic N) is 3. The number of aromatic amines is 1. The molecule has 2 aliphatic rings. The average Bonchev–Trinajstić information content (AvgIpc) is 3.06. The van der Waals surface area contributed by atoms with Crippen LogP contribution in [-0.2, 0) is 6.42 Å². The van der Waals surface area contributed by atoms with Crippen molar-refractivity contribution in [2.24, 2.45) is 0 Å². The van der Waals surface area contributed by atoms with Crippen LogP contribution < -0.4 is 10.9 Å². The van der Waals surface area contributed by atoms with Crippen molar-refractivity contribution in [2.45, 2.75) is 31.3 Å². The smallest absolute Gasteiger partial charge is 0.313 e. The highest BCUT2D eigenvalue weighted by molar-refractivity contribution is 6.33. The number of urea groups is 1. The van der Waals surface area contributed by atoms with E-state index in [0.717, 1.165) is 18.4 Å². The van der Waals surface area contributed by atoms with Crippen LogP contribution in [0.5, 0.6) is 0 Å². The summed E-state index contributed by atoms with van der Waals surface area (Å²) in [6.45, 7) is 0. The normalized spacial score (nSPS) is 19.5. The zero-order valence-electron chi connectivity index (χ0n) is 15.7. The number of amides is 2. The van der Waals surface area contributed by atoms with Crippen LogP contribution in [0.1, 0.15) is 30.1 Å². The summed E-state index contributed by atoms with van der Waals surface area (Å²) in [7, 11) is 0. The van der Waals surface area contributed by atoms with E-state index in [1.807, 2.05) is 0 Å². The molecule has 7 nitrogen and oxygen atoms in total. The Kier molecular flexibility index (Phi) is 4.51. The molecule has 2 aliphatic heterocycles. The Morgan fingerprint density at radius 3 is 2.97 bits per heavy atom. The molecule has 5 rings (SSSR count). The fourth-order valence-electron chi connectivity index (χ4n) is 4.38. The van der Waals surface area contributed by atoms with Crippen LogP contribution in [0.4, 0.5) is 14.9 Å². The van der Waals surface area contributed by atoms with Crippen LogP contribution in [0.25, 0.3) is 11.1 Å². The number of carbonyl (C=O) groups is 1. The van der Waals surface area contributed by atoms with Crippen LogP contribution in [0.15, 0.2) is 47.5 Å². The van der Waals surface area contributed by atoms with E-state index >= 15 is 0 Å². The second kappa shape index (κ2) is 7.21. The van der Waals surface area contributed by atoms with Gasteiger partial charge in [0.15, 0.2) is 0 Å². The lowest BCUT2D eigenvalue weighted by atomic mass is 9.99. The average molecular weight is 426 g/mol. The Balaban J connectivity index is 1.42. The van der Waals surface area contributed by atoms with Crippen molar-refractivity contribution in [3.8, 4) is 11.1 Å². The highest BCUT2D eigenvalue weighted by Gasteiger charge is 2.44. The lowest BCUT2D eigenvalue weighted by Gasteiger charge is -2.35. The molecule has 0 saturated carbocycles. The van der Waals surface area contributed by atoms with Gasteiger partial charge in [0.25, 0.3) is 5.56 Å². The number of hydrogen-bond acceptors (Lipinski definition) is 4. The van der Waals surface area contributed by atoms with E-state index in [2.05, 4.69) is 20.5 Å². The molecule has 0 radical (unpaired) electrons. The Bertz CT molecular complexity index is 1200. The maximum atomic E-state index is 14.8. The summed E-state index contributed by atoms with van der Waals surface area (Å²) < 4.78 is 14.8. The predicted molar refractivity (Wildman–Crippen MR) is 110 cm³/mol. The first-order valence-electron chi connectivity index (χ1n) is 9.58. The van der Waals surface area contributed by atoms with Gasteiger partial charge in [-0.1, -0.05) is 17.7 Å². The number of fused-ring (bicyclic) bond motifs is 4. The van der Waals surface area contributed by atoms with Gasteiger partial charge in [-0.3, -0.25) is 9.78 Å². The third-order valence-electron chi connectivity index (χ3n) is 5.70. The lowest BCUT2D eigenvalue weighted by molar-refractivity contribution is 0.177. The minimum atomic E-state index is -0.584. The molecule has 152 valence electrons. The highest BCUT2D eigenvalue weighted by Crippen LogP contribution is 2.42. The van der Waals surface area contributed by atoms with Gasteiger partial charge < -0.3 is 10.2 Å². The van der Waals surface area contributed by atoms with Gasteiger partial charge in [0, 0.05) is 35.6 Å². The number of H-pyrrole nitrogens is 1. The molecule has 9 heteroatoms. The molecule has 1 fully saturated rings. The first-order chi connectivity index (χ1) is 14.5. The number of benzene rings is 1. The Morgan fingerprint density at radius 1 is 1.30 bits per heavy atom. The summed E-state index contributed by atoms with van der Waals surface area (Å²) in [6.07, 6.45) is 5.31. The number of anilines is 1. The van der Waals surface area contributed by atoms with Gasteiger partial charge in [-0.2, -0.15) is 5.10 Å². The fourth-order valence-corrected chi connectivity index (χ4v) is 4.66. The minimum absolute atomic E-state index is 0.0114. The summed E-state index contributed by atoms with van der Waals surface area (Å²) in [4.78, 5) is 30.3. The number of nitrogens with one attached hydrogen (secondary N) is 2. The van der Waals surface area contributed by atoms with Crippen molar-refractivity contribution in [2.75, 3.05) is 5.32 Å². The van der Waals surface area contributed by atoms with Gasteiger partial charge >= 0.3 is 6.03 Å². The monoisotopic (exact) mass is 425 g/mol. The van der Waals surface area contributed by atoms with Crippen LogP contribution in [0.3, 0.4) is 0 Å². The molecule has 30 heavy (non-hydrogen) atoms. The summed E-state index contributed by atoms with van der Waals surface area (Å²) in [5.74, 6) is -0.584. The first kappa shape index (κ1) is 18.7. The standard InChI is InChI=1S/C21H17ClFN5O2/c22-15-9-17(16(23)8-14(15)11-2-1-5-24-10-11)25-21(30)28-13-3-4-18(28)20-12(6-13)7-19(29)26-27-20/h1-2,5,7-10,13,18H,3-4,6H2,(H,25,30)(H,26,29)/t13-,18+/m0/s1. The Hall–Kier alpha value is -3.26. The molecular formula is C21H17ClFN5O2. The molecule has 0 unspecified atom stereocenters. The van der Waals surface area contributed by atoms with Gasteiger partial charge in [0.05, 0.1) is 22.4 Å². The van der Waals surface area contributed by atoms with Crippen LogP contribution in [0.2, 0.25) is 5.02 Å². The van der Waals surface area contributed by atoms with Gasteiger partial charge in [-0.05, 0) is 43.0 Å². The van der Waals surface area contributed by atoms with Gasteiger partial charge in [0.2, 0.25) is 0 Å². The zero-order chi connectivity index (χ0) is 20.8. The van der Waals surface area contributed by atoms with Crippen molar-refractivity contribution >= 4 is 23.3 Å². The quantitative estimate of drug-likeness (QED) is 0.651. The van der Waals surface area contributed by atoms with Gasteiger partial charge in [0.1, 0.15) is 5.82 Å². The molecule has 0 spiro atoms. The molecule has 2 aromatic heterocycles. The van der Waals surface area contributed by atoms with Crippen molar-refractivity contribution in [1.82, 2.24) is 20.1 Å². The van der Waals surface area contributed by atoms with E-state index in [1.54, 1.807) is 35.5 Å². The number of rotatable bonds is 2. The van der Waals surface area contributed by atoms with E-state index < -0.39 is 11.8 Å². The lowest BCUT2D eigenvalue weighted by Crippen LogP contribution is -2.45. The highest BCUT2D eigenvalue weighted by atomic mass is 35.5. The van der Waals surface area contributed by atoms with Gasteiger partial charge in [-0.15, -0.1) is 0 Å². The molecule has 2 bridgehead atoms. The number of halogens is 2. The molecule has 1 aromatic carbocycles. The predicted octanol–water partition coefficient (Wildman–Crippen LogP) is 3.92. The number of pyridine rings is 1.